The smallest absolute Gasteiger partial charge is 0.251 e. The Labute approximate surface area is 134 Å². The van der Waals surface area contributed by atoms with Gasteiger partial charge in [0.15, 0.2) is 0 Å². The van der Waals surface area contributed by atoms with Crippen LogP contribution in [0.5, 0.6) is 0 Å². The SMILES string of the molecule is CNS(=O)(=O)c1cccc(C(=O)NCc2ccccc2Cl)c1. The number of hydrogen-bond donors (Lipinski definition) is 2. The number of sulfonamides is 1. The van der Waals surface area contributed by atoms with Crippen molar-refractivity contribution in [3.8, 4) is 0 Å². The highest BCUT2D eigenvalue weighted by molar-refractivity contribution is 7.89. The van der Waals surface area contributed by atoms with Gasteiger partial charge >= 0.3 is 0 Å². The van der Waals surface area contributed by atoms with E-state index in [1.807, 2.05) is 12.1 Å². The lowest BCUT2D eigenvalue weighted by Crippen LogP contribution is -2.24. The first-order valence-corrected chi connectivity index (χ1v) is 8.35. The molecule has 0 saturated carbocycles. The molecule has 22 heavy (non-hydrogen) atoms. The quantitative estimate of drug-likeness (QED) is 0.877. The number of benzene rings is 2. The zero-order valence-electron chi connectivity index (χ0n) is 11.8. The summed E-state index contributed by atoms with van der Waals surface area (Å²) in [5, 5.41) is 3.28. The van der Waals surface area contributed by atoms with Crippen molar-refractivity contribution in [1.29, 1.82) is 0 Å². The Morgan fingerprint density at radius 1 is 1.14 bits per heavy atom. The summed E-state index contributed by atoms with van der Waals surface area (Å²) in [5.74, 6) is -0.368. The molecule has 0 fully saturated rings. The molecule has 0 bridgehead atoms. The van der Waals surface area contributed by atoms with Crippen LogP contribution in [-0.4, -0.2) is 21.4 Å². The summed E-state index contributed by atoms with van der Waals surface area (Å²) in [4.78, 5) is 12.2. The maximum atomic E-state index is 12.1. The highest BCUT2D eigenvalue weighted by atomic mass is 35.5. The molecule has 0 atom stereocenters. The fourth-order valence-electron chi connectivity index (χ4n) is 1.84. The van der Waals surface area contributed by atoms with Crippen LogP contribution < -0.4 is 10.0 Å². The van der Waals surface area contributed by atoms with Gasteiger partial charge in [0.2, 0.25) is 10.0 Å². The number of carbonyl (C=O) groups is 1. The number of amides is 1. The average molecular weight is 339 g/mol. The van der Waals surface area contributed by atoms with Gasteiger partial charge in [0.05, 0.1) is 4.90 Å². The van der Waals surface area contributed by atoms with E-state index in [1.54, 1.807) is 18.2 Å². The summed E-state index contributed by atoms with van der Waals surface area (Å²) in [6.45, 7) is 0.265. The van der Waals surface area contributed by atoms with Crippen molar-refractivity contribution in [3.63, 3.8) is 0 Å². The third-order valence-electron chi connectivity index (χ3n) is 3.07. The molecular formula is C15H15ClN2O3S. The predicted octanol–water partition coefficient (Wildman–Crippen LogP) is 2.18. The molecule has 0 aliphatic rings. The zero-order chi connectivity index (χ0) is 16.2. The van der Waals surface area contributed by atoms with Gasteiger partial charge in [-0.1, -0.05) is 35.9 Å². The van der Waals surface area contributed by atoms with Gasteiger partial charge in [-0.05, 0) is 36.9 Å². The van der Waals surface area contributed by atoms with E-state index in [-0.39, 0.29) is 22.9 Å². The minimum absolute atomic E-state index is 0.0420. The molecule has 0 heterocycles. The molecule has 0 aliphatic carbocycles. The van der Waals surface area contributed by atoms with Crippen LogP contribution in [0, 0.1) is 0 Å². The zero-order valence-corrected chi connectivity index (χ0v) is 13.4. The maximum absolute atomic E-state index is 12.1. The first kappa shape index (κ1) is 16.5. The number of rotatable bonds is 5. The van der Waals surface area contributed by atoms with Crippen molar-refractivity contribution < 1.29 is 13.2 Å². The van der Waals surface area contributed by atoms with E-state index in [1.165, 1.54) is 25.2 Å². The average Bonchev–Trinajstić information content (AvgIpc) is 2.54. The first-order valence-electron chi connectivity index (χ1n) is 6.49. The molecule has 0 unspecified atom stereocenters. The third-order valence-corrected chi connectivity index (χ3v) is 4.85. The summed E-state index contributed by atoms with van der Waals surface area (Å²) in [6.07, 6.45) is 0. The lowest BCUT2D eigenvalue weighted by atomic mass is 10.2. The van der Waals surface area contributed by atoms with Gasteiger partial charge in [0.1, 0.15) is 0 Å². The van der Waals surface area contributed by atoms with Crippen molar-refractivity contribution in [2.75, 3.05) is 7.05 Å². The van der Waals surface area contributed by atoms with E-state index in [9.17, 15) is 13.2 Å². The number of hydrogen-bond acceptors (Lipinski definition) is 3. The number of carbonyl (C=O) groups excluding carboxylic acids is 1. The fraction of sp³-hybridized carbons (Fsp3) is 0.133. The van der Waals surface area contributed by atoms with Crippen LogP contribution in [0.15, 0.2) is 53.4 Å². The molecule has 0 aliphatic heterocycles. The fourth-order valence-corrected chi connectivity index (χ4v) is 2.82. The molecular weight excluding hydrogens is 324 g/mol. The van der Waals surface area contributed by atoms with Crippen molar-refractivity contribution in [2.45, 2.75) is 11.4 Å². The normalized spacial score (nSPS) is 11.2. The maximum Gasteiger partial charge on any atom is 0.251 e. The molecule has 7 heteroatoms. The van der Waals surface area contributed by atoms with Crippen molar-refractivity contribution in [2.24, 2.45) is 0 Å². The summed E-state index contributed by atoms with van der Waals surface area (Å²) in [6, 6.07) is 13.0. The number of halogens is 1. The van der Waals surface area contributed by atoms with Gasteiger partial charge in [0.25, 0.3) is 5.91 Å². The Morgan fingerprint density at radius 2 is 1.86 bits per heavy atom. The summed E-state index contributed by atoms with van der Waals surface area (Å²) >= 11 is 6.02. The summed E-state index contributed by atoms with van der Waals surface area (Å²) < 4.78 is 25.7. The van der Waals surface area contributed by atoms with Crippen LogP contribution in [0.1, 0.15) is 15.9 Å². The minimum atomic E-state index is -3.58. The molecule has 0 radical (unpaired) electrons. The Balaban J connectivity index is 2.14. The van der Waals surface area contributed by atoms with Gasteiger partial charge in [-0.25, -0.2) is 13.1 Å². The second-order valence-electron chi connectivity index (χ2n) is 4.51. The second kappa shape index (κ2) is 6.91. The Kier molecular flexibility index (Phi) is 5.18. The third kappa shape index (κ3) is 3.85. The molecule has 2 aromatic rings. The number of nitrogens with one attached hydrogen (secondary N) is 2. The molecule has 2 aromatic carbocycles. The van der Waals surface area contributed by atoms with Gasteiger partial charge in [0, 0.05) is 17.1 Å². The lowest BCUT2D eigenvalue weighted by Gasteiger charge is -2.08. The first-order chi connectivity index (χ1) is 10.4. The van der Waals surface area contributed by atoms with E-state index in [4.69, 9.17) is 11.6 Å². The van der Waals surface area contributed by atoms with E-state index >= 15 is 0 Å². The highest BCUT2D eigenvalue weighted by Gasteiger charge is 2.14. The van der Waals surface area contributed by atoms with Crippen LogP contribution in [0.25, 0.3) is 0 Å². The van der Waals surface area contributed by atoms with Crippen LogP contribution in [0.4, 0.5) is 0 Å². The summed E-state index contributed by atoms with van der Waals surface area (Å²) in [7, 11) is -2.26. The van der Waals surface area contributed by atoms with Gasteiger partial charge in [-0.15, -0.1) is 0 Å². The molecule has 0 saturated heterocycles. The topological polar surface area (TPSA) is 75.3 Å². The highest BCUT2D eigenvalue weighted by Crippen LogP contribution is 2.15. The van der Waals surface area contributed by atoms with Crippen molar-refractivity contribution in [1.82, 2.24) is 10.0 Å². The van der Waals surface area contributed by atoms with Crippen LogP contribution in [0.2, 0.25) is 5.02 Å². The molecule has 0 aromatic heterocycles. The van der Waals surface area contributed by atoms with E-state index in [0.29, 0.717) is 5.02 Å². The molecule has 2 rings (SSSR count). The monoisotopic (exact) mass is 338 g/mol. The summed E-state index contributed by atoms with van der Waals surface area (Å²) in [5.41, 5.74) is 1.06. The van der Waals surface area contributed by atoms with Crippen molar-refractivity contribution >= 4 is 27.5 Å². The van der Waals surface area contributed by atoms with Crippen LogP contribution >= 0.6 is 11.6 Å². The van der Waals surface area contributed by atoms with E-state index in [2.05, 4.69) is 10.0 Å². The molecule has 1 amide bonds. The van der Waals surface area contributed by atoms with Gasteiger partial charge < -0.3 is 5.32 Å². The van der Waals surface area contributed by atoms with Gasteiger partial charge in [-0.3, -0.25) is 4.79 Å². The molecule has 0 spiro atoms. The molecule has 5 nitrogen and oxygen atoms in total. The Bertz CT molecular complexity index is 791. The molecule has 116 valence electrons. The largest absolute Gasteiger partial charge is 0.348 e. The molecule has 2 N–H and O–H groups in total. The van der Waals surface area contributed by atoms with E-state index in [0.717, 1.165) is 5.56 Å². The Hall–Kier alpha value is -1.89. The van der Waals surface area contributed by atoms with Crippen LogP contribution in [-0.2, 0) is 16.6 Å². The van der Waals surface area contributed by atoms with E-state index < -0.39 is 10.0 Å². The predicted molar refractivity (Wildman–Crippen MR) is 85.3 cm³/mol. The Morgan fingerprint density at radius 3 is 2.55 bits per heavy atom. The lowest BCUT2D eigenvalue weighted by molar-refractivity contribution is 0.0950. The minimum Gasteiger partial charge on any atom is -0.348 e. The van der Waals surface area contributed by atoms with Gasteiger partial charge in [-0.2, -0.15) is 0 Å². The second-order valence-corrected chi connectivity index (χ2v) is 6.80. The van der Waals surface area contributed by atoms with Crippen LogP contribution in [0.3, 0.4) is 0 Å². The standard InChI is InChI=1S/C15H15ClN2O3S/c1-17-22(20,21)13-7-4-6-11(9-13)15(19)18-10-12-5-2-3-8-14(12)16/h2-9,17H,10H2,1H3,(H,18,19). The van der Waals surface area contributed by atoms with Crippen molar-refractivity contribution in [3.05, 3.63) is 64.7 Å².